The van der Waals surface area contributed by atoms with Gasteiger partial charge in [-0.1, -0.05) is 45.0 Å². The van der Waals surface area contributed by atoms with E-state index in [-0.39, 0.29) is 23.7 Å². The lowest BCUT2D eigenvalue weighted by atomic mass is 9.84. The van der Waals surface area contributed by atoms with Gasteiger partial charge in [-0.2, -0.15) is 0 Å². The number of hydrogen-bond acceptors (Lipinski definition) is 2. The number of nitrogens with one attached hydrogen (secondary N) is 1. The van der Waals surface area contributed by atoms with Gasteiger partial charge < -0.3 is 11.1 Å². The van der Waals surface area contributed by atoms with Crippen molar-refractivity contribution >= 4 is 18.3 Å². The molecule has 1 aromatic carbocycles. The van der Waals surface area contributed by atoms with Gasteiger partial charge in [0.2, 0.25) is 5.91 Å². The molecule has 0 saturated carbocycles. The molecule has 0 bridgehead atoms. The predicted molar refractivity (Wildman–Crippen MR) is 87.4 cm³/mol. The van der Waals surface area contributed by atoms with Crippen molar-refractivity contribution in [3.05, 3.63) is 35.4 Å². The molecule has 0 aromatic heterocycles. The van der Waals surface area contributed by atoms with E-state index in [1.54, 1.807) is 0 Å². The zero-order valence-electron chi connectivity index (χ0n) is 12.7. The van der Waals surface area contributed by atoms with E-state index in [1.807, 2.05) is 0 Å². The average molecular weight is 299 g/mol. The molecule has 0 heterocycles. The van der Waals surface area contributed by atoms with E-state index in [2.05, 4.69) is 50.4 Å². The minimum Gasteiger partial charge on any atom is -0.355 e. The Balaban J connectivity index is 0.00000361. The fourth-order valence-corrected chi connectivity index (χ4v) is 1.96. The Kier molecular flexibility index (Phi) is 8.51. The third-order valence-corrected chi connectivity index (χ3v) is 3.48. The van der Waals surface area contributed by atoms with Crippen LogP contribution < -0.4 is 11.1 Å². The van der Waals surface area contributed by atoms with Crippen molar-refractivity contribution in [1.29, 1.82) is 0 Å². The number of carbonyl (C=O) groups is 1. The minimum atomic E-state index is -0.0509. The van der Waals surface area contributed by atoms with Gasteiger partial charge in [-0.3, -0.25) is 4.79 Å². The summed E-state index contributed by atoms with van der Waals surface area (Å²) >= 11 is 0. The molecule has 0 aliphatic heterocycles. The zero-order chi connectivity index (χ0) is 14.3. The average Bonchev–Trinajstić information content (AvgIpc) is 2.43. The molecule has 1 aromatic rings. The normalized spacial score (nSPS) is 10.8. The maximum atomic E-state index is 11.6. The van der Waals surface area contributed by atoms with Crippen LogP contribution in [0.1, 0.15) is 44.7 Å². The van der Waals surface area contributed by atoms with E-state index in [9.17, 15) is 4.79 Å². The molecule has 0 aliphatic carbocycles. The summed E-state index contributed by atoms with van der Waals surface area (Å²) in [4.78, 5) is 11.6. The van der Waals surface area contributed by atoms with E-state index in [4.69, 9.17) is 5.73 Å². The molecule has 0 saturated heterocycles. The van der Waals surface area contributed by atoms with Crippen LogP contribution >= 0.6 is 12.4 Å². The number of aryl methyl sites for hydroxylation is 1. The lowest BCUT2D eigenvalue weighted by Gasteiger charge is -2.26. The highest BCUT2D eigenvalue weighted by Crippen LogP contribution is 2.22. The van der Waals surface area contributed by atoms with Crippen molar-refractivity contribution in [2.24, 2.45) is 5.73 Å². The van der Waals surface area contributed by atoms with Crippen LogP contribution in [0.15, 0.2) is 24.3 Å². The van der Waals surface area contributed by atoms with Gasteiger partial charge in [-0.25, -0.2) is 0 Å². The standard InChI is InChI=1S/C16H26N2O.ClH/c1-4-13-7-9-14(10-8-13)16(2,3)12-18-15(19)6-5-11-17;/h7-10H,4-6,11-12,17H2,1-3H3,(H,18,19);1H. The molecule has 0 fully saturated rings. The van der Waals surface area contributed by atoms with Crippen LogP contribution in [0.4, 0.5) is 0 Å². The third-order valence-electron chi connectivity index (χ3n) is 3.48. The lowest BCUT2D eigenvalue weighted by Crippen LogP contribution is -2.36. The Hall–Kier alpha value is -1.06. The quantitative estimate of drug-likeness (QED) is 0.813. The summed E-state index contributed by atoms with van der Waals surface area (Å²) in [5.74, 6) is 0.0868. The molecule has 1 amide bonds. The van der Waals surface area contributed by atoms with Gasteiger partial charge in [0.05, 0.1) is 0 Å². The van der Waals surface area contributed by atoms with Gasteiger partial charge in [0.1, 0.15) is 0 Å². The van der Waals surface area contributed by atoms with E-state index < -0.39 is 0 Å². The number of amides is 1. The van der Waals surface area contributed by atoms with E-state index in [1.165, 1.54) is 11.1 Å². The molecule has 0 unspecified atom stereocenters. The highest BCUT2D eigenvalue weighted by atomic mass is 35.5. The first-order valence-corrected chi connectivity index (χ1v) is 7.06. The number of hydrogen-bond donors (Lipinski definition) is 2. The molecule has 0 aliphatic rings. The Morgan fingerprint density at radius 3 is 2.35 bits per heavy atom. The van der Waals surface area contributed by atoms with Crippen molar-refractivity contribution < 1.29 is 4.79 Å². The smallest absolute Gasteiger partial charge is 0.220 e. The third kappa shape index (κ3) is 5.93. The second-order valence-corrected chi connectivity index (χ2v) is 5.60. The molecular weight excluding hydrogens is 272 g/mol. The van der Waals surface area contributed by atoms with Crippen LogP contribution in [-0.2, 0) is 16.6 Å². The summed E-state index contributed by atoms with van der Waals surface area (Å²) in [6.07, 6.45) is 2.31. The second-order valence-electron chi connectivity index (χ2n) is 5.60. The molecule has 3 nitrogen and oxygen atoms in total. The molecule has 0 atom stereocenters. The Labute approximate surface area is 128 Å². The van der Waals surface area contributed by atoms with Gasteiger partial charge >= 0.3 is 0 Å². The molecule has 20 heavy (non-hydrogen) atoms. The first-order chi connectivity index (χ1) is 8.99. The second kappa shape index (κ2) is 8.98. The predicted octanol–water partition coefficient (Wildman–Crippen LogP) is 2.80. The molecule has 114 valence electrons. The van der Waals surface area contributed by atoms with Crippen LogP contribution in [0.5, 0.6) is 0 Å². The van der Waals surface area contributed by atoms with E-state index in [0.29, 0.717) is 19.5 Å². The van der Waals surface area contributed by atoms with Crippen molar-refractivity contribution in [1.82, 2.24) is 5.32 Å². The Morgan fingerprint density at radius 1 is 1.25 bits per heavy atom. The summed E-state index contributed by atoms with van der Waals surface area (Å²) in [7, 11) is 0. The van der Waals surface area contributed by atoms with Gasteiger partial charge in [0.25, 0.3) is 0 Å². The highest BCUT2D eigenvalue weighted by Gasteiger charge is 2.21. The molecule has 4 heteroatoms. The van der Waals surface area contributed by atoms with Crippen molar-refractivity contribution in [3.8, 4) is 0 Å². The summed E-state index contributed by atoms with van der Waals surface area (Å²) < 4.78 is 0. The SMILES string of the molecule is CCc1ccc(C(C)(C)CNC(=O)CCCN)cc1.Cl. The summed E-state index contributed by atoms with van der Waals surface area (Å²) in [6.45, 7) is 7.67. The topological polar surface area (TPSA) is 55.1 Å². The van der Waals surface area contributed by atoms with Crippen LogP contribution in [0, 0.1) is 0 Å². The molecule has 1 rings (SSSR count). The van der Waals surface area contributed by atoms with Crippen LogP contribution in [0.2, 0.25) is 0 Å². The first-order valence-electron chi connectivity index (χ1n) is 7.06. The number of rotatable bonds is 7. The van der Waals surface area contributed by atoms with Crippen LogP contribution in [-0.4, -0.2) is 19.0 Å². The van der Waals surface area contributed by atoms with E-state index >= 15 is 0 Å². The summed E-state index contributed by atoms with van der Waals surface area (Å²) in [5.41, 5.74) is 7.94. The van der Waals surface area contributed by atoms with Crippen molar-refractivity contribution in [2.45, 2.75) is 45.4 Å². The molecule has 3 N–H and O–H groups in total. The largest absolute Gasteiger partial charge is 0.355 e. The lowest BCUT2D eigenvalue weighted by molar-refractivity contribution is -0.121. The molecule has 0 radical (unpaired) electrons. The van der Waals surface area contributed by atoms with Gasteiger partial charge in [-0.15, -0.1) is 12.4 Å². The number of benzene rings is 1. The maximum Gasteiger partial charge on any atom is 0.220 e. The van der Waals surface area contributed by atoms with E-state index in [0.717, 1.165) is 12.8 Å². The number of nitrogens with two attached hydrogens (primary N) is 1. The summed E-state index contributed by atoms with van der Waals surface area (Å²) in [6, 6.07) is 8.64. The van der Waals surface area contributed by atoms with Gasteiger partial charge in [0, 0.05) is 18.4 Å². The van der Waals surface area contributed by atoms with Crippen LogP contribution in [0.3, 0.4) is 0 Å². The van der Waals surface area contributed by atoms with Crippen molar-refractivity contribution in [2.75, 3.05) is 13.1 Å². The highest BCUT2D eigenvalue weighted by molar-refractivity contribution is 5.85. The van der Waals surface area contributed by atoms with Gasteiger partial charge in [-0.05, 0) is 30.5 Å². The van der Waals surface area contributed by atoms with Crippen LogP contribution in [0.25, 0.3) is 0 Å². The minimum absolute atomic E-state index is 0. The Bertz CT molecular complexity index is 401. The summed E-state index contributed by atoms with van der Waals surface area (Å²) in [5, 5.41) is 2.99. The monoisotopic (exact) mass is 298 g/mol. The first kappa shape index (κ1) is 18.9. The van der Waals surface area contributed by atoms with Crippen molar-refractivity contribution in [3.63, 3.8) is 0 Å². The molecular formula is C16H27ClN2O. The fraction of sp³-hybridized carbons (Fsp3) is 0.562. The number of halogens is 1. The van der Waals surface area contributed by atoms with Gasteiger partial charge in [0.15, 0.2) is 0 Å². The maximum absolute atomic E-state index is 11.6. The zero-order valence-corrected chi connectivity index (χ0v) is 13.6. The molecule has 0 spiro atoms. The Morgan fingerprint density at radius 2 is 1.85 bits per heavy atom. The fourth-order valence-electron chi connectivity index (χ4n) is 1.96. The number of carbonyl (C=O) groups excluding carboxylic acids is 1.